The maximum atomic E-state index is 11.8. The molecule has 0 bridgehead atoms. The highest BCUT2D eigenvalue weighted by Crippen LogP contribution is 2.25. The molecule has 1 aromatic rings. The first-order valence-electron chi connectivity index (χ1n) is 4.80. The summed E-state index contributed by atoms with van der Waals surface area (Å²) in [5.41, 5.74) is 2.00. The third-order valence-electron chi connectivity index (χ3n) is 2.44. The Balaban J connectivity index is 2.31. The van der Waals surface area contributed by atoms with Gasteiger partial charge in [0.05, 0.1) is 0 Å². The van der Waals surface area contributed by atoms with E-state index < -0.39 is 0 Å². The fraction of sp³-hybridized carbons (Fsp3) is 0.364. The first-order valence-corrected chi connectivity index (χ1v) is 5.59. The third-order valence-corrected chi connectivity index (χ3v) is 2.93. The average Bonchev–Trinajstić information content (AvgIpc) is 2.44. The molecule has 1 aromatic carbocycles. The minimum atomic E-state index is 0.175. The van der Waals surface area contributed by atoms with Crippen LogP contribution in [0, 0.1) is 0 Å². The van der Waals surface area contributed by atoms with E-state index in [0.29, 0.717) is 0 Å². The molecule has 3 heteroatoms. The molecule has 0 saturated heterocycles. The number of hydrogen-bond acceptors (Lipinski definition) is 1. The smallest absolute Gasteiger partial charge is 0.254 e. The lowest BCUT2D eigenvalue weighted by molar-refractivity contribution is 0.0778. The van der Waals surface area contributed by atoms with E-state index >= 15 is 0 Å². The Morgan fingerprint density at radius 2 is 2.29 bits per heavy atom. The van der Waals surface area contributed by atoms with E-state index in [1.165, 1.54) is 0 Å². The van der Waals surface area contributed by atoms with E-state index in [1.54, 1.807) is 0 Å². The Bertz CT molecular complexity index is 376. The Hall–Kier alpha value is -0.830. The van der Waals surface area contributed by atoms with Crippen molar-refractivity contribution in [3.63, 3.8) is 0 Å². The first kappa shape index (κ1) is 9.71. The quantitative estimate of drug-likeness (QED) is 0.794. The minimum Gasteiger partial charge on any atom is -0.334 e. The van der Waals surface area contributed by atoms with Gasteiger partial charge in [-0.25, -0.2) is 0 Å². The van der Waals surface area contributed by atoms with Gasteiger partial charge in [-0.3, -0.25) is 4.79 Å². The van der Waals surface area contributed by atoms with Crippen LogP contribution in [0.25, 0.3) is 0 Å². The van der Waals surface area contributed by atoms with Crippen LogP contribution in [-0.4, -0.2) is 17.4 Å². The van der Waals surface area contributed by atoms with Gasteiger partial charge in [0.1, 0.15) is 0 Å². The molecule has 1 aliphatic rings. The highest BCUT2D eigenvalue weighted by Gasteiger charge is 2.26. The van der Waals surface area contributed by atoms with Gasteiger partial charge in [0.15, 0.2) is 0 Å². The molecule has 0 aromatic heterocycles. The fourth-order valence-electron chi connectivity index (χ4n) is 1.80. The molecule has 0 saturated carbocycles. The normalized spacial score (nSPS) is 14.7. The molecule has 2 nitrogen and oxygen atoms in total. The zero-order chi connectivity index (χ0) is 10.1. The molecule has 74 valence electrons. The molecule has 0 atom stereocenters. The van der Waals surface area contributed by atoms with Crippen molar-refractivity contribution >= 4 is 21.8 Å². The van der Waals surface area contributed by atoms with Gasteiger partial charge in [0.25, 0.3) is 5.91 Å². The summed E-state index contributed by atoms with van der Waals surface area (Å²) in [7, 11) is 0. The van der Waals surface area contributed by atoms with E-state index in [0.717, 1.165) is 35.1 Å². The first-order chi connectivity index (χ1) is 6.72. The van der Waals surface area contributed by atoms with Gasteiger partial charge < -0.3 is 4.90 Å². The van der Waals surface area contributed by atoms with Crippen LogP contribution in [0.4, 0.5) is 0 Å². The summed E-state index contributed by atoms with van der Waals surface area (Å²) in [6, 6.07) is 5.85. The summed E-state index contributed by atoms with van der Waals surface area (Å²) in [6.45, 7) is 3.71. The van der Waals surface area contributed by atoms with Crippen molar-refractivity contribution < 1.29 is 4.79 Å². The summed E-state index contributed by atoms with van der Waals surface area (Å²) >= 11 is 3.41. The molecule has 0 radical (unpaired) electrons. The lowest BCUT2D eigenvalue weighted by Gasteiger charge is -2.13. The third kappa shape index (κ3) is 1.57. The average molecular weight is 254 g/mol. The minimum absolute atomic E-state index is 0.175. The Kier molecular flexibility index (Phi) is 2.59. The van der Waals surface area contributed by atoms with Crippen LogP contribution in [0.15, 0.2) is 22.7 Å². The molecule has 0 aliphatic carbocycles. The zero-order valence-corrected chi connectivity index (χ0v) is 9.67. The molecule has 2 rings (SSSR count). The van der Waals surface area contributed by atoms with Crippen molar-refractivity contribution in [2.45, 2.75) is 19.9 Å². The van der Waals surface area contributed by atoms with Gasteiger partial charge in [0.2, 0.25) is 0 Å². The number of fused-ring (bicyclic) bond motifs is 1. The Morgan fingerprint density at radius 1 is 1.50 bits per heavy atom. The molecule has 1 heterocycles. The lowest BCUT2D eigenvalue weighted by atomic mass is 10.1. The topological polar surface area (TPSA) is 20.3 Å². The molecule has 14 heavy (non-hydrogen) atoms. The van der Waals surface area contributed by atoms with E-state index in [-0.39, 0.29) is 5.91 Å². The zero-order valence-electron chi connectivity index (χ0n) is 8.09. The highest BCUT2D eigenvalue weighted by molar-refractivity contribution is 9.10. The van der Waals surface area contributed by atoms with Crippen LogP contribution < -0.4 is 0 Å². The van der Waals surface area contributed by atoms with Crippen LogP contribution >= 0.6 is 15.9 Å². The van der Waals surface area contributed by atoms with Crippen LogP contribution in [0.2, 0.25) is 0 Å². The van der Waals surface area contributed by atoms with Crippen LogP contribution in [-0.2, 0) is 6.54 Å². The van der Waals surface area contributed by atoms with Gasteiger partial charge in [-0.1, -0.05) is 22.9 Å². The van der Waals surface area contributed by atoms with Crippen molar-refractivity contribution in [3.8, 4) is 0 Å². The van der Waals surface area contributed by atoms with E-state index in [1.807, 2.05) is 23.1 Å². The number of halogens is 1. The van der Waals surface area contributed by atoms with Crippen LogP contribution in [0.1, 0.15) is 29.3 Å². The van der Waals surface area contributed by atoms with Gasteiger partial charge in [-0.2, -0.15) is 0 Å². The van der Waals surface area contributed by atoms with Gasteiger partial charge in [0, 0.05) is 23.1 Å². The maximum Gasteiger partial charge on any atom is 0.254 e. The molecule has 1 aliphatic heterocycles. The van der Waals surface area contributed by atoms with Crippen LogP contribution in [0.3, 0.4) is 0 Å². The number of hydrogen-bond donors (Lipinski definition) is 0. The van der Waals surface area contributed by atoms with E-state index in [2.05, 4.69) is 22.9 Å². The second kappa shape index (κ2) is 3.73. The molecule has 0 spiro atoms. The van der Waals surface area contributed by atoms with Crippen molar-refractivity contribution in [2.24, 2.45) is 0 Å². The number of amides is 1. The molecule has 1 amide bonds. The second-order valence-electron chi connectivity index (χ2n) is 3.53. The van der Waals surface area contributed by atoms with Crippen molar-refractivity contribution in [3.05, 3.63) is 33.8 Å². The molecule has 0 fully saturated rings. The summed E-state index contributed by atoms with van der Waals surface area (Å²) in [5, 5.41) is 0. The number of rotatable bonds is 2. The summed E-state index contributed by atoms with van der Waals surface area (Å²) in [6.07, 6.45) is 1.01. The second-order valence-corrected chi connectivity index (χ2v) is 4.44. The van der Waals surface area contributed by atoms with E-state index in [4.69, 9.17) is 0 Å². The molecular weight excluding hydrogens is 242 g/mol. The summed E-state index contributed by atoms with van der Waals surface area (Å²) in [4.78, 5) is 13.7. The molecular formula is C11H12BrNO. The van der Waals surface area contributed by atoms with Crippen molar-refractivity contribution in [1.29, 1.82) is 0 Å². The van der Waals surface area contributed by atoms with Crippen molar-refractivity contribution in [1.82, 2.24) is 4.90 Å². The predicted octanol–water partition coefficient (Wildman–Crippen LogP) is 2.81. The highest BCUT2D eigenvalue weighted by atomic mass is 79.9. The maximum absolute atomic E-state index is 11.8. The van der Waals surface area contributed by atoms with Gasteiger partial charge >= 0.3 is 0 Å². The number of nitrogens with zero attached hydrogens (tertiary/aromatic N) is 1. The van der Waals surface area contributed by atoms with E-state index in [9.17, 15) is 4.79 Å². The number of benzene rings is 1. The largest absolute Gasteiger partial charge is 0.334 e. The molecule has 0 unspecified atom stereocenters. The fourth-order valence-corrected chi connectivity index (χ4v) is 2.21. The lowest BCUT2D eigenvalue weighted by Crippen LogP contribution is -2.24. The SMILES string of the molecule is CCCN1Cc2cc(Br)ccc2C1=O. The van der Waals surface area contributed by atoms with Gasteiger partial charge in [-0.15, -0.1) is 0 Å². The summed E-state index contributed by atoms with van der Waals surface area (Å²) in [5.74, 6) is 0.175. The Labute approximate surface area is 92.0 Å². The Morgan fingerprint density at radius 3 is 3.00 bits per heavy atom. The van der Waals surface area contributed by atoms with Crippen LogP contribution in [0.5, 0.6) is 0 Å². The molecule has 0 N–H and O–H groups in total. The number of carbonyl (C=O) groups is 1. The predicted molar refractivity (Wildman–Crippen MR) is 59.2 cm³/mol. The van der Waals surface area contributed by atoms with Crippen molar-refractivity contribution in [2.75, 3.05) is 6.54 Å². The summed E-state index contributed by atoms with van der Waals surface area (Å²) < 4.78 is 1.04. The standard InChI is InChI=1S/C11H12BrNO/c1-2-5-13-7-8-6-9(12)3-4-10(8)11(13)14/h3-4,6H,2,5,7H2,1H3. The van der Waals surface area contributed by atoms with Gasteiger partial charge in [-0.05, 0) is 30.2 Å². The number of carbonyl (C=O) groups excluding carboxylic acids is 1. The monoisotopic (exact) mass is 253 g/mol.